The van der Waals surface area contributed by atoms with E-state index in [1.165, 1.54) is 16.2 Å². The highest BCUT2D eigenvalue weighted by molar-refractivity contribution is 9.09. The molecule has 12 nitrogen and oxygen atoms in total. The number of hydrogen-bond acceptors (Lipinski definition) is 8. The Morgan fingerprint density at radius 3 is 2.60 bits per heavy atom. The topological polar surface area (TPSA) is 152 Å². The number of imidazole rings is 1. The van der Waals surface area contributed by atoms with Gasteiger partial charge in [-0.1, -0.05) is 64.5 Å². The first-order valence-electron chi connectivity index (χ1n) is 13.1. The van der Waals surface area contributed by atoms with Gasteiger partial charge in [-0.15, -0.1) is 10.2 Å². The number of aliphatic hydroxyl groups is 1. The number of nitrogens with one attached hydrogen (secondary N) is 1. The van der Waals surface area contributed by atoms with Gasteiger partial charge in [-0.3, -0.25) is 18.9 Å². The molecule has 3 N–H and O–H groups in total. The van der Waals surface area contributed by atoms with Crippen molar-refractivity contribution in [1.29, 1.82) is 0 Å². The second-order valence-electron chi connectivity index (χ2n) is 9.72. The maximum atomic E-state index is 12.9. The number of benzene rings is 3. The van der Waals surface area contributed by atoms with Crippen molar-refractivity contribution in [3.63, 3.8) is 0 Å². The predicted octanol–water partition coefficient (Wildman–Crippen LogP) is 4.49. The Kier molecular flexibility index (Phi) is 7.35. The molecular weight excluding hydrogens is 606 g/mol. The Hall–Kier alpha value is -4.75. The summed E-state index contributed by atoms with van der Waals surface area (Å²) in [6, 6.07) is 20.9. The number of nitrogens with zero attached hydrogens (tertiary/aromatic N) is 6. The van der Waals surface area contributed by atoms with Crippen molar-refractivity contribution in [3.05, 3.63) is 87.6 Å². The lowest BCUT2D eigenvalue weighted by atomic mass is 10.1. The molecule has 0 spiro atoms. The minimum absolute atomic E-state index is 0.0295. The number of alkyl halides is 1. The van der Waals surface area contributed by atoms with E-state index in [9.17, 15) is 19.8 Å². The summed E-state index contributed by atoms with van der Waals surface area (Å²) in [5.41, 5.74) is -0.198. The highest BCUT2D eigenvalue weighted by Crippen LogP contribution is 2.39. The van der Waals surface area contributed by atoms with Crippen LogP contribution in [0.4, 0.5) is 11.6 Å². The van der Waals surface area contributed by atoms with Gasteiger partial charge in [0.1, 0.15) is 18.5 Å². The average molecular weight is 632 g/mol. The van der Waals surface area contributed by atoms with Crippen LogP contribution < -0.4 is 16.0 Å². The van der Waals surface area contributed by atoms with E-state index in [1.807, 2.05) is 66.7 Å². The summed E-state index contributed by atoms with van der Waals surface area (Å²) in [4.78, 5) is 31.8. The monoisotopic (exact) mass is 631 g/mol. The van der Waals surface area contributed by atoms with Gasteiger partial charge in [0.15, 0.2) is 16.9 Å². The first kappa shape index (κ1) is 27.4. The van der Waals surface area contributed by atoms with E-state index in [1.54, 1.807) is 4.57 Å². The van der Waals surface area contributed by atoms with E-state index < -0.39 is 17.4 Å². The number of halogens is 1. The number of rotatable bonds is 9. The van der Waals surface area contributed by atoms with Crippen molar-refractivity contribution in [2.45, 2.75) is 19.2 Å². The third kappa shape index (κ3) is 4.97. The molecule has 3 aromatic heterocycles. The molecule has 3 heterocycles. The Morgan fingerprint density at radius 2 is 1.79 bits per heavy atom. The van der Waals surface area contributed by atoms with E-state index in [0.717, 1.165) is 16.3 Å². The second kappa shape index (κ2) is 11.3. The van der Waals surface area contributed by atoms with E-state index in [0.29, 0.717) is 23.0 Å². The molecule has 0 aliphatic carbocycles. The van der Waals surface area contributed by atoms with Crippen LogP contribution in [-0.2, 0) is 20.1 Å². The molecule has 3 aromatic carbocycles. The van der Waals surface area contributed by atoms with Gasteiger partial charge >= 0.3 is 5.69 Å². The Morgan fingerprint density at radius 1 is 1.02 bits per heavy atom. The molecule has 0 aliphatic heterocycles. The fraction of sp³-hybridized carbons (Fsp3) is 0.207. The fourth-order valence-corrected chi connectivity index (χ4v) is 5.32. The lowest BCUT2D eigenvalue weighted by molar-refractivity contribution is 0.0938. The zero-order valence-corrected chi connectivity index (χ0v) is 24.0. The minimum atomic E-state index is -1.08. The Balaban J connectivity index is 1.36. The molecule has 42 heavy (non-hydrogen) atoms. The third-order valence-corrected chi connectivity index (χ3v) is 7.36. The third-order valence-electron chi connectivity index (χ3n) is 7.01. The van der Waals surface area contributed by atoms with Crippen molar-refractivity contribution in [2.24, 2.45) is 17.3 Å². The lowest BCUT2D eigenvalue weighted by Crippen LogP contribution is -2.30. The van der Waals surface area contributed by atoms with Crippen LogP contribution in [-0.4, -0.2) is 51.9 Å². The number of azo groups is 1. The normalized spacial score (nSPS) is 12.6. The van der Waals surface area contributed by atoms with Crippen molar-refractivity contribution >= 4 is 60.4 Å². The second-order valence-corrected chi connectivity index (χ2v) is 10.5. The van der Waals surface area contributed by atoms with Gasteiger partial charge in [0.05, 0.1) is 12.1 Å². The zero-order valence-electron chi connectivity index (χ0n) is 22.4. The van der Waals surface area contributed by atoms with Crippen LogP contribution in [0.1, 0.15) is 0 Å². The maximum absolute atomic E-state index is 12.9. The summed E-state index contributed by atoms with van der Waals surface area (Å²) in [6.07, 6.45) is -1.08. The molecule has 0 bridgehead atoms. The molecule has 13 heteroatoms. The molecule has 0 radical (unpaired) electrons. The number of ether oxygens (including phenoxy) is 1. The summed E-state index contributed by atoms with van der Waals surface area (Å²) < 4.78 is 10.1. The number of aryl methyl sites for hydroxylation is 2. The molecule has 0 aliphatic rings. The molecule has 0 fully saturated rings. The molecule has 0 amide bonds. The minimum Gasteiger partial charge on any atom is -0.493 e. The van der Waals surface area contributed by atoms with Crippen LogP contribution >= 0.6 is 15.9 Å². The van der Waals surface area contributed by atoms with Crippen LogP contribution in [0.25, 0.3) is 32.8 Å². The van der Waals surface area contributed by atoms with Gasteiger partial charge in [0.25, 0.3) is 11.5 Å². The number of aliphatic hydroxyl groups excluding tert-OH is 1. The number of aromatic hydroxyl groups is 1. The lowest BCUT2D eigenvalue weighted by Gasteiger charge is -2.14. The SMILES string of the molecule is Cn1c(=O)[nH]c(=O)c2c1nc(N=Nc1c(O)n(CCBr)c3ccccc13)n2C[C@H](O)COc1ccc2ccccc2c1. The van der Waals surface area contributed by atoms with Crippen LogP contribution in [0, 0.1) is 0 Å². The summed E-state index contributed by atoms with van der Waals surface area (Å²) in [6.45, 7) is 0.289. The Bertz CT molecular complexity index is 2090. The molecule has 0 saturated heterocycles. The largest absolute Gasteiger partial charge is 0.493 e. The van der Waals surface area contributed by atoms with Gasteiger partial charge in [-0.2, -0.15) is 4.98 Å². The van der Waals surface area contributed by atoms with Crippen molar-refractivity contribution < 1.29 is 14.9 Å². The van der Waals surface area contributed by atoms with Crippen LogP contribution in [0.15, 0.2) is 86.5 Å². The zero-order chi connectivity index (χ0) is 29.4. The average Bonchev–Trinajstić information content (AvgIpc) is 3.48. The van der Waals surface area contributed by atoms with Crippen LogP contribution in [0.3, 0.4) is 0 Å². The number of fused-ring (bicyclic) bond motifs is 3. The number of aromatic amines is 1. The molecule has 0 saturated carbocycles. The standard InChI is InChI=1S/C29H26BrN7O5/c1-35-25-24(26(39)32-29(35)41)37(15-19(38)16-42-20-11-10-17-6-2-3-7-18(17)14-20)28(31-25)34-33-23-21-8-4-5-9-22(21)36(13-12-30)27(23)40/h2-11,14,19,38,40H,12-13,15-16H2,1H3,(H,32,39,41)/t19-/m0/s1. The van der Waals surface area contributed by atoms with E-state index in [4.69, 9.17) is 4.74 Å². The molecule has 6 rings (SSSR count). The molecule has 214 valence electrons. The van der Waals surface area contributed by atoms with Gasteiger partial charge in [0.2, 0.25) is 5.88 Å². The smallest absolute Gasteiger partial charge is 0.329 e. The van der Waals surface area contributed by atoms with Gasteiger partial charge < -0.3 is 19.5 Å². The number of H-pyrrole nitrogens is 1. The number of para-hydroxylation sites is 1. The van der Waals surface area contributed by atoms with E-state index in [-0.39, 0.29) is 41.8 Å². The summed E-state index contributed by atoms with van der Waals surface area (Å²) >= 11 is 3.41. The summed E-state index contributed by atoms with van der Waals surface area (Å²) in [5.74, 6) is 0.480. The van der Waals surface area contributed by atoms with Gasteiger partial charge in [-0.25, -0.2) is 4.79 Å². The van der Waals surface area contributed by atoms with E-state index in [2.05, 4.69) is 36.1 Å². The van der Waals surface area contributed by atoms with Gasteiger partial charge in [-0.05, 0) is 29.0 Å². The van der Waals surface area contributed by atoms with Crippen molar-refractivity contribution in [1.82, 2.24) is 23.7 Å². The number of hydrogen-bond donors (Lipinski definition) is 3. The molecule has 0 unspecified atom stereocenters. The van der Waals surface area contributed by atoms with Gasteiger partial charge in [0, 0.05) is 24.3 Å². The molecular formula is C29H26BrN7O5. The first-order chi connectivity index (χ1) is 20.4. The predicted molar refractivity (Wildman–Crippen MR) is 163 cm³/mol. The van der Waals surface area contributed by atoms with Crippen molar-refractivity contribution in [3.8, 4) is 11.6 Å². The molecule has 1 atom stereocenters. The Labute approximate surface area is 246 Å². The maximum Gasteiger partial charge on any atom is 0.329 e. The van der Waals surface area contributed by atoms with Crippen molar-refractivity contribution in [2.75, 3.05) is 11.9 Å². The fourth-order valence-electron chi connectivity index (χ4n) is 4.96. The summed E-state index contributed by atoms with van der Waals surface area (Å²) in [5, 5.41) is 33.9. The number of aromatic nitrogens is 5. The van der Waals surface area contributed by atoms with Crippen LogP contribution in [0.5, 0.6) is 11.6 Å². The quantitative estimate of drug-likeness (QED) is 0.158. The van der Waals surface area contributed by atoms with E-state index >= 15 is 0 Å². The highest BCUT2D eigenvalue weighted by Gasteiger charge is 2.21. The first-order valence-corrected chi connectivity index (χ1v) is 14.2. The highest BCUT2D eigenvalue weighted by atomic mass is 79.9. The summed E-state index contributed by atoms with van der Waals surface area (Å²) in [7, 11) is 1.47. The molecule has 6 aromatic rings. The van der Waals surface area contributed by atoms with Crippen LogP contribution in [0.2, 0.25) is 0 Å².